The normalized spacial score (nSPS) is 10.8. The van der Waals surface area contributed by atoms with Crippen molar-refractivity contribution < 1.29 is 17.9 Å². The molecule has 0 spiro atoms. The summed E-state index contributed by atoms with van der Waals surface area (Å²) in [6.07, 6.45) is 0. The number of rotatable bonds is 3. The van der Waals surface area contributed by atoms with Gasteiger partial charge in [0.1, 0.15) is 35.3 Å². The van der Waals surface area contributed by atoms with Crippen LogP contribution in [0, 0.1) is 11.6 Å². The summed E-state index contributed by atoms with van der Waals surface area (Å²) in [5.74, 6) is 0.484. The fraction of sp³-hybridized carbons (Fsp3) is 0.0667. The summed E-state index contributed by atoms with van der Waals surface area (Å²) in [4.78, 5) is 0. The lowest BCUT2D eigenvalue weighted by Gasteiger charge is -2.03. The van der Waals surface area contributed by atoms with Crippen LogP contribution in [-0.2, 0) is 6.61 Å². The molecule has 0 radical (unpaired) electrons. The summed E-state index contributed by atoms with van der Waals surface area (Å²) >= 11 is 0. The largest absolute Gasteiger partial charge is 0.486 e. The monoisotopic (exact) mass is 260 g/mol. The van der Waals surface area contributed by atoms with Gasteiger partial charge in [-0.1, -0.05) is 0 Å². The van der Waals surface area contributed by atoms with E-state index in [9.17, 15) is 8.78 Å². The van der Waals surface area contributed by atoms with Crippen LogP contribution in [0.25, 0.3) is 11.0 Å². The molecule has 0 aliphatic carbocycles. The van der Waals surface area contributed by atoms with Gasteiger partial charge >= 0.3 is 0 Å². The van der Waals surface area contributed by atoms with Gasteiger partial charge in [-0.3, -0.25) is 0 Å². The van der Waals surface area contributed by atoms with E-state index in [2.05, 4.69) is 0 Å². The first-order chi connectivity index (χ1) is 9.20. The predicted molar refractivity (Wildman–Crippen MR) is 66.9 cm³/mol. The lowest BCUT2D eigenvalue weighted by Crippen LogP contribution is -1.93. The molecule has 1 aromatic heterocycles. The fourth-order valence-corrected chi connectivity index (χ4v) is 1.82. The highest BCUT2D eigenvalue weighted by Gasteiger charge is 2.05. The molecule has 3 aromatic rings. The van der Waals surface area contributed by atoms with E-state index < -0.39 is 0 Å². The van der Waals surface area contributed by atoms with E-state index in [-0.39, 0.29) is 18.2 Å². The molecule has 2 aromatic carbocycles. The second-order valence-electron chi connectivity index (χ2n) is 4.14. The van der Waals surface area contributed by atoms with Gasteiger partial charge in [-0.25, -0.2) is 8.78 Å². The molecule has 0 unspecified atom stereocenters. The SMILES string of the molecule is Fc1ccc(OCc2cc3ccc(F)cc3o2)cc1. The number of halogens is 2. The van der Waals surface area contributed by atoms with Crippen LogP contribution in [0.4, 0.5) is 8.78 Å². The van der Waals surface area contributed by atoms with E-state index in [0.29, 0.717) is 17.1 Å². The minimum absolute atomic E-state index is 0.210. The van der Waals surface area contributed by atoms with Crippen molar-refractivity contribution in [3.05, 3.63) is 65.9 Å². The second kappa shape index (κ2) is 4.72. The third kappa shape index (κ3) is 2.57. The summed E-state index contributed by atoms with van der Waals surface area (Å²) in [5.41, 5.74) is 0.484. The third-order valence-corrected chi connectivity index (χ3v) is 2.73. The van der Waals surface area contributed by atoms with Gasteiger partial charge in [-0.2, -0.15) is 0 Å². The van der Waals surface area contributed by atoms with Crippen LogP contribution >= 0.6 is 0 Å². The van der Waals surface area contributed by atoms with Crippen LogP contribution in [0.5, 0.6) is 5.75 Å². The Morgan fingerprint density at radius 3 is 2.42 bits per heavy atom. The summed E-state index contributed by atoms with van der Waals surface area (Å²) in [6.45, 7) is 0.210. The molecule has 3 rings (SSSR count). The van der Waals surface area contributed by atoms with Gasteiger partial charge < -0.3 is 9.15 Å². The first-order valence-electron chi connectivity index (χ1n) is 5.77. The van der Waals surface area contributed by atoms with Crippen LogP contribution < -0.4 is 4.74 Å². The quantitative estimate of drug-likeness (QED) is 0.701. The minimum atomic E-state index is -0.340. The molecule has 0 aliphatic heterocycles. The maximum Gasteiger partial charge on any atom is 0.146 e. The Morgan fingerprint density at radius 2 is 1.63 bits per heavy atom. The Labute approximate surface area is 108 Å². The van der Waals surface area contributed by atoms with E-state index >= 15 is 0 Å². The molecule has 0 saturated carbocycles. The molecular formula is C15H10F2O2. The molecule has 0 atom stereocenters. The first kappa shape index (κ1) is 11.7. The van der Waals surface area contributed by atoms with Crippen LogP contribution in [0.3, 0.4) is 0 Å². The Balaban J connectivity index is 1.76. The fourth-order valence-electron chi connectivity index (χ4n) is 1.82. The Kier molecular flexibility index (Phi) is 2.91. The van der Waals surface area contributed by atoms with E-state index in [1.165, 1.54) is 36.4 Å². The van der Waals surface area contributed by atoms with Crippen molar-refractivity contribution in [1.29, 1.82) is 0 Å². The van der Waals surface area contributed by atoms with Gasteiger partial charge in [-0.05, 0) is 42.5 Å². The molecule has 0 fully saturated rings. The minimum Gasteiger partial charge on any atom is -0.486 e. The maximum atomic E-state index is 13.0. The first-order valence-corrected chi connectivity index (χ1v) is 5.77. The highest BCUT2D eigenvalue weighted by atomic mass is 19.1. The van der Waals surface area contributed by atoms with Gasteiger partial charge in [0.05, 0.1) is 0 Å². The lowest BCUT2D eigenvalue weighted by molar-refractivity contribution is 0.274. The van der Waals surface area contributed by atoms with E-state index in [1.807, 2.05) is 0 Å². The summed E-state index contributed by atoms with van der Waals surface area (Å²) in [7, 11) is 0. The Hall–Kier alpha value is -2.36. The molecule has 0 N–H and O–H groups in total. The van der Waals surface area contributed by atoms with Crippen LogP contribution in [0.1, 0.15) is 5.76 Å². The number of ether oxygens (including phenoxy) is 1. The van der Waals surface area contributed by atoms with E-state index in [1.54, 1.807) is 12.1 Å². The maximum absolute atomic E-state index is 13.0. The molecule has 19 heavy (non-hydrogen) atoms. The Morgan fingerprint density at radius 1 is 0.895 bits per heavy atom. The summed E-state index contributed by atoms with van der Waals surface area (Å²) in [5, 5.41) is 0.819. The zero-order valence-electron chi connectivity index (χ0n) is 9.90. The standard InChI is InChI=1S/C15H10F2O2/c16-11-3-5-13(6-4-11)18-9-14-7-10-1-2-12(17)8-15(10)19-14/h1-8H,9H2. The van der Waals surface area contributed by atoms with Crippen LogP contribution in [-0.4, -0.2) is 0 Å². The van der Waals surface area contributed by atoms with Gasteiger partial charge in [0.2, 0.25) is 0 Å². The third-order valence-electron chi connectivity index (χ3n) is 2.73. The molecule has 96 valence electrons. The smallest absolute Gasteiger partial charge is 0.146 e. The molecule has 1 heterocycles. The summed E-state index contributed by atoms with van der Waals surface area (Å²) in [6, 6.07) is 11.9. The highest BCUT2D eigenvalue weighted by molar-refractivity contribution is 5.77. The lowest BCUT2D eigenvalue weighted by atomic mass is 10.2. The zero-order chi connectivity index (χ0) is 13.2. The van der Waals surface area contributed by atoms with E-state index in [4.69, 9.17) is 9.15 Å². The summed E-state index contributed by atoms with van der Waals surface area (Å²) < 4.78 is 36.6. The van der Waals surface area contributed by atoms with Crippen molar-refractivity contribution in [2.45, 2.75) is 6.61 Å². The van der Waals surface area contributed by atoms with Crippen molar-refractivity contribution in [2.75, 3.05) is 0 Å². The van der Waals surface area contributed by atoms with Crippen molar-refractivity contribution in [1.82, 2.24) is 0 Å². The predicted octanol–water partition coefficient (Wildman–Crippen LogP) is 4.29. The number of hydrogen-bond acceptors (Lipinski definition) is 2. The van der Waals surface area contributed by atoms with Crippen LogP contribution in [0.15, 0.2) is 52.9 Å². The second-order valence-corrected chi connectivity index (χ2v) is 4.14. The number of hydrogen-bond donors (Lipinski definition) is 0. The molecule has 2 nitrogen and oxygen atoms in total. The van der Waals surface area contributed by atoms with Crippen LogP contribution in [0.2, 0.25) is 0 Å². The van der Waals surface area contributed by atoms with Crippen molar-refractivity contribution in [2.24, 2.45) is 0 Å². The molecule has 0 amide bonds. The van der Waals surface area contributed by atoms with E-state index in [0.717, 1.165) is 5.39 Å². The topological polar surface area (TPSA) is 22.4 Å². The van der Waals surface area contributed by atoms with Gasteiger partial charge in [0.15, 0.2) is 0 Å². The van der Waals surface area contributed by atoms with Crippen molar-refractivity contribution in [3.8, 4) is 5.75 Å². The van der Waals surface area contributed by atoms with Crippen molar-refractivity contribution in [3.63, 3.8) is 0 Å². The number of furan rings is 1. The molecular weight excluding hydrogens is 250 g/mol. The molecule has 0 saturated heterocycles. The number of fused-ring (bicyclic) bond motifs is 1. The highest BCUT2D eigenvalue weighted by Crippen LogP contribution is 2.21. The zero-order valence-corrected chi connectivity index (χ0v) is 9.90. The average molecular weight is 260 g/mol. The number of benzene rings is 2. The molecule has 0 bridgehead atoms. The Bertz CT molecular complexity index is 702. The average Bonchev–Trinajstić information content (AvgIpc) is 2.80. The van der Waals surface area contributed by atoms with Gasteiger partial charge in [-0.15, -0.1) is 0 Å². The van der Waals surface area contributed by atoms with Gasteiger partial charge in [0, 0.05) is 11.5 Å². The molecule has 4 heteroatoms. The van der Waals surface area contributed by atoms with Crippen molar-refractivity contribution >= 4 is 11.0 Å². The molecule has 0 aliphatic rings. The van der Waals surface area contributed by atoms with Gasteiger partial charge in [0.25, 0.3) is 0 Å².